The number of carbonyl (C=O) groups is 1. The van der Waals surface area contributed by atoms with Crippen molar-refractivity contribution in [3.63, 3.8) is 0 Å². The lowest BCUT2D eigenvalue weighted by Crippen LogP contribution is -2.23. The summed E-state index contributed by atoms with van der Waals surface area (Å²) in [5.41, 5.74) is 0.0134. The highest BCUT2D eigenvalue weighted by Gasteiger charge is 2.47. The van der Waals surface area contributed by atoms with Gasteiger partial charge in [0.1, 0.15) is 5.15 Å². The molecule has 0 atom stereocenters. The standard InChI is InChI=1S/C8H3BrClF2NO/c9-4-1-3-5(13-7(4)10)2-8(11,12)6(3)14/h1H,2H2. The Bertz CT molecular complexity index is 436. The number of hydrogen-bond acceptors (Lipinski definition) is 2. The van der Waals surface area contributed by atoms with Crippen molar-refractivity contribution in [1.82, 2.24) is 4.98 Å². The van der Waals surface area contributed by atoms with Crippen molar-refractivity contribution in [3.05, 3.63) is 26.9 Å². The molecule has 2 nitrogen and oxygen atoms in total. The van der Waals surface area contributed by atoms with E-state index in [1.165, 1.54) is 6.07 Å². The second-order valence-electron chi connectivity index (χ2n) is 2.97. The van der Waals surface area contributed by atoms with Crippen LogP contribution in [0.25, 0.3) is 0 Å². The summed E-state index contributed by atoms with van der Waals surface area (Å²) in [5, 5.41) is 0.0919. The van der Waals surface area contributed by atoms with Crippen molar-refractivity contribution in [2.24, 2.45) is 0 Å². The summed E-state index contributed by atoms with van der Waals surface area (Å²) in [6.07, 6.45) is -0.659. The number of halogens is 4. The van der Waals surface area contributed by atoms with E-state index in [1.54, 1.807) is 0 Å². The van der Waals surface area contributed by atoms with Crippen LogP contribution in [0, 0.1) is 0 Å². The number of Topliss-reactive ketones (excluding diaryl/α,β-unsaturated/α-hetero) is 1. The molecule has 0 N–H and O–H groups in total. The van der Waals surface area contributed by atoms with E-state index < -0.39 is 18.1 Å². The summed E-state index contributed by atoms with van der Waals surface area (Å²) in [6, 6.07) is 1.29. The van der Waals surface area contributed by atoms with Crippen LogP contribution >= 0.6 is 27.5 Å². The molecule has 0 fully saturated rings. The summed E-state index contributed by atoms with van der Waals surface area (Å²) in [5.74, 6) is -4.52. The summed E-state index contributed by atoms with van der Waals surface area (Å²) >= 11 is 8.64. The summed E-state index contributed by atoms with van der Waals surface area (Å²) in [7, 11) is 0. The Balaban J connectivity index is 2.61. The average molecular weight is 282 g/mol. The maximum absolute atomic E-state index is 12.9. The molecule has 1 aliphatic carbocycles. The van der Waals surface area contributed by atoms with Gasteiger partial charge in [-0.1, -0.05) is 11.6 Å². The van der Waals surface area contributed by atoms with E-state index in [0.717, 1.165) is 0 Å². The molecule has 0 unspecified atom stereocenters. The first-order valence-corrected chi connectivity index (χ1v) is 4.86. The van der Waals surface area contributed by atoms with Crippen molar-refractivity contribution in [1.29, 1.82) is 0 Å². The van der Waals surface area contributed by atoms with Crippen LogP contribution in [0.2, 0.25) is 5.15 Å². The highest BCUT2D eigenvalue weighted by Crippen LogP contribution is 2.36. The van der Waals surface area contributed by atoms with Gasteiger partial charge in [-0.2, -0.15) is 8.78 Å². The van der Waals surface area contributed by atoms with Gasteiger partial charge in [-0.15, -0.1) is 0 Å². The molecular weight excluding hydrogens is 279 g/mol. The second-order valence-corrected chi connectivity index (χ2v) is 4.18. The highest BCUT2D eigenvalue weighted by molar-refractivity contribution is 9.10. The fourth-order valence-corrected chi connectivity index (χ4v) is 1.79. The zero-order chi connectivity index (χ0) is 10.5. The minimum absolute atomic E-state index is 0.0497. The molecule has 1 aromatic heterocycles. The number of ketones is 1. The quantitative estimate of drug-likeness (QED) is 0.685. The first kappa shape index (κ1) is 9.98. The Kier molecular flexibility index (Phi) is 2.12. The van der Waals surface area contributed by atoms with Crippen LogP contribution in [0.15, 0.2) is 10.5 Å². The van der Waals surface area contributed by atoms with Gasteiger partial charge in [0.25, 0.3) is 0 Å². The van der Waals surface area contributed by atoms with Gasteiger partial charge in [-0.05, 0) is 22.0 Å². The minimum Gasteiger partial charge on any atom is -0.287 e. The highest BCUT2D eigenvalue weighted by atomic mass is 79.9. The van der Waals surface area contributed by atoms with Crippen LogP contribution in [0.4, 0.5) is 8.78 Å². The Labute approximate surface area is 91.4 Å². The largest absolute Gasteiger partial charge is 0.315 e. The van der Waals surface area contributed by atoms with Crippen LogP contribution in [0.1, 0.15) is 16.1 Å². The number of carbonyl (C=O) groups excluding carboxylic acids is 1. The van der Waals surface area contributed by atoms with E-state index in [0.29, 0.717) is 4.47 Å². The topological polar surface area (TPSA) is 30.0 Å². The maximum Gasteiger partial charge on any atom is 0.315 e. The van der Waals surface area contributed by atoms with Crippen LogP contribution in [-0.2, 0) is 6.42 Å². The number of rotatable bonds is 0. The molecule has 2 rings (SSSR count). The van der Waals surface area contributed by atoms with Crippen molar-refractivity contribution < 1.29 is 13.6 Å². The maximum atomic E-state index is 12.9. The van der Waals surface area contributed by atoms with Crippen molar-refractivity contribution in [3.8, 4) is 0 Å². The molecule has 0 spiro atoms. The van der Waals surface area contributed by atoms with E-state index in [-0.39, 0.29) is 16.4 Å². The van der Waals surface area contributed by atoms with Gasteiger partial charge in [0.2, 0.25) is 5.78 Å². The summed E-state index contributed by atoms with van der Waals surface area (Å²) in [4.78, 5) is 14.8. The van der Waals surface area contributed by atoms with Crippen molar-refractivity contribution >= 4 is 33.3 Å². The van der Waals surface area contributed by atoms with E-state index in [2.05, 4.69) is 20.9 Å². The molecule has 1 heterocycles. The van der Waals surface area contributed by atoms with E-state index in [1.807, 2.05) is 0 Å². The summed E-state index contributed by atoms with van der Waals surface area (Å²) < 4.78 is 26.2. The smallest absolute Gasteiger partial charge is 0.287 e. The number of aromatic nitrogens is 1. The van der Waals surface area contributed by atoms with Gasteiger partial charge in [0, 0.05) is 5.56 Å². The predicted molar refractivity (Wildman–Crippen MR) is 49.9 cm³/mol. The fraction of sp³-hybridized carbons (Fsp3) is 0.250. The van der Waals surface area contributed by atoms with Gasteiger partial charge in [0.05, 0.1) is 16.6 Å². The number of fused-ring (bicyclic) bond motifs is 1. The number of hydrogen-bond donors (Lipinski definition) is 0. The summed E-state index contributed by atoms with van der Waals surface area (Å²) in [6.45, 7) is 0. The third kappa shape index (κ3) is 1.35. The SMILES string of the molecule is O=C1c2cc(Br)c(Cl)nc2CC1(F)F. The molecule has 74 valence electrons. The lowest BCUT2D eigenvalue weighted by molar-refractivity contribution is 0.0165. The number of nitrogens with zero attached hydrogens (tertiary/aromatic N) is 1. The molecule has 1 aromatic rings. The third-order valence-corrected chi connectivity index (χ3v) is 3.10. The van der Waals surface area contributed by atoms with E-state index >= 15 is 0 Å². The van der Waals surface area contributed by atoms with Gasteiger partial charge < -0.3 is 0 Å². The lowest BCUT2D eigenvalue weighted by atomic mass is 10.2. The monoisotopic (exact) mass is 281 g/mol. The number of pyridine rings is 1. The van der Waals surface area contributed by atoms with Crippen molar-refractivity contribution in [2.45, 2.75) is 12.3 Å². The van der Waals surface area contributed by atoms with Gasteiger partial charge in [-0.3, -0.25) is 4.79 Å². The van der Waals surface area contributed by atoms with E-state index in [9.17, 15) is 13.6 Å². The van der Waals surface area contributed by atoms with Gasteiger partial charge >= 0.3 is 5.92 Å². The zero-order valence-corrected chi connectivity index (χ0v) is 8.99. The molecule has 0 saturated carbocycles. The average Bonchev–Trinajstić information content (AvgIpc) is 2.28. The lowest BCUT2D eigenvalue weighted by Gasteiger charge is -2.02. The van der Waals surface area contributed by atoms with E-state index in [4.69, 9.17) is 11.6 Å². The minimum atomic E-state index is -3.33. The van der Waals surface area contributed by atoms with Crippen LogP contribution in [0.5, 0.6) is 0 Å². The molecule has 0 saturated heterocycles. The molecule has 0 bridgehead atoms. The fourth-order valence-electron chi connectivity index (χ4n) is 1.32. The van der Waals surface area contributed by atoms with Crippen LogP contribution in [-0.4, -0.2) is 16.7 Å². The molecule has 1 aliphatic rings. The molecule has 6 heteroatoms. The van der Waals surface area contributed by atoms with Gasteiger partial charge in [0.15, 0.2) is 0 Å². The molecule has 14 heavy (non-hydrogen) atoms. The first-order valence-electron chi connectivity index (χ1n) is 3.69. The second kappa shape index (κ2) is 2.97. The van der Waals surface area contributed by atoms with Crippen molar-refractivity contribution in [2.75, 3.05) is 0 Å². The first-order chi connectivity index (χ1) is 6.42. The Morgan fingerprint density at radius 1 is 1.57 bits per heavy atom. The Morgan fingerprint density at radius 3 is 2.86 bits per heavy atom. The van der Waals surface area contributed by atoms with Crippen LogP contribution < -0.4 is 0 Å². The Hall–Kier alpha value is -0.550. The molecule has 0 aromatic carbocycles. The molecule has 0 radical (unpaired) electrons. The van der Waals surface area contributed by atoms with Crippen LogP contribution in [0.3, 0.4) is 0 Å². The van der Waals surface area contributed by atoms with Gasteiger partial charge in [-0.25, -0.2) is 4.98 Å². The predicted octanol–water partition coefficient (Wildman–Crippen LogP) is 2.87. The molecule has 0 aliphatic heterocycles. The number of alkyl halides is 2. The molecule has 0 amide bonds. The Morgan fingerprint density at radius 2 is 2.21 bits per heavy atom. The molecular formula is C8H3BrClF2NO. The zero-order valence-electron chi connectivity index (χ0n) is 6.65. The normalized spacial score (nSPS) is 18.4. The third-order valence-electron chi connectivity index (χ3n) is 1.98.